The number of carbonyl (C=O) groups excluding carboxylic acids is 1. The number of carbonyl (C=O) groups is 1. The van der Waals surface area contributed by atoms with Gasteiger partial charge in [0.25, 0.3) is 11.6 Å². The van der Waals surface area contributed by atoms with Crippen LogP contribution in [0.5, 0.6) is 11.5 Å². The first-order valence-electron chi connectivity index (χ1n) is 10.6. The largest absolute Gasteiger partial charge is 0.497 e. The van der Waals surface area contributed by atoms with Crippen LogP contribution in [-0.4, -0.2) is 53.9 Å². The number of amides is 1. The second-order valence-corrected chi connectivity index (χ2v) is 7.73. The van der Waals surface area contributed by atoms with Crippen molar-refractivity contribution in [2.45, 2.75) is 13.2 Å². The number of nitro benzene ring substituents is 1. The van der Waals surface area contributed by atoms with E-state index in [0.717, 1.165) is 25.4 Å². The van der Waals surface area contributed by atoms with Gasteiger partial charge in [-0.2, -0.15) is 0 Å². The van der Waals surface area contributed by atoms with E-state index < -0.39 is 4.92 Å². The maximum atomic E-state index is 12.8. The number of rotatable bonds is 8. The van der Waals surface area contributed by atoms with Crippen LogP contribution in [0.4, 0.5) is 5.69 Å². The van der Waals surface area contributed by atoms with Gasteiger partial charge in [-0.15, -0.1) is 0 Å². The van der Waals surface area contributed by atoms with E-state index in [9.17, 15) is 14.9 Å². The lowest BCUT2D eigenvalue weighted by molar-refractivity contribution is -0.384. The molecule has 0 radical (unpaired) electrons. The predicted octanol–water partition coefficient (Wildman–Crippen LogP) is 3.73. The molecule has 3 aromatic rings. The molecular weight excluding hydrogens is 426 g/mol. The zero-order valence-electron chi connectivity index (χ0n) is 18.3. The minimum absolute atomic E-state index is 0.00294. The molecule has 1 aromatic heterocycles. The van der Waals surface area contributed by atoms with Gasteiger partial charge in [-0.3, -0.25) is 19.8 Å². The molecule has 1 fully saturated rings. The molecule has 0 unspecified atom stereocenters. The summed E-state index contributed by atoms with van der Waals surface area (Å²) in [6.45, 7) is 3.74. The number of ether oxygens (including phenoxy) is 2. The number of nitrogens with zero attached hydrogens (tertiary/aromatic N) is 3. The van der Waals surface area contributed by atoms with Crippen molar-refractivity contribution in [2.24, 2.45) is 0 Å². The van der Waals surface area contributed by atoms with Crippen LogP contribution in [0.25, 0.3) is 0 Å². The van der Waals surface area contributed by atoms with E-state index in [4.69, 9.17) is 13.9 Å². The van der Waals surface area contributed by atoms with Crippen molar-refractivity contribution >= 4 is 11.6 Å². The number of hydrogen-bond acceptors (Lipinski definition) is 7. The van der Waals surface area contributed by atoms with E-state index in [0.29, 0.717) is 24.6 Å². The van der Waals surface area contributed by atoms with Crippen LogP contribution in [0.2, 0.25) is 0 Å². The highest BCUT2D eigenvalue weighted by Gasteiger charge is 2.24. The molecule has 0 spiro atoms. The smallest absolute Gasteiger partial charge is 0.289 e. The van der Waals surface area contributed by atoms with Crippen molar-refractivity contribution in [1.29, 1.82) is 0 Å². The quantitative estimate of drug-likeness (QED) is 0.380. The Balaban J connectivity index is 1.26. The van der Waals surface area contributed by atoms with Crippen molar-refractivity contribution in [1.82, 2.24) is 9.80 Å². The van der Waals surface area contributed by atoms with E-state index in [1.54, 1.807) is 24.1 Å². The van der Waals surface area contributed by atoms with Gasteiger partial charge in [-0.05, 0) is 42.0 Å². The Labute approximate surface area is 191 Å². The van der Waals surface area contributed by atoms with Crippen LogP contribution in [0, 0.1) is 10.1 Å². The number of furan rings is 1. The molecule has 0 aliphatic carbocycles. The summed E-state index contributed by atoms with van der Waals surface area (Å²) in [5, 5.41) is 10.7. The standard InChI is InChI=1S/C24H25N3O6/c1-31-21-4-2-3-18(15-21)16-25-11-13-26(14-12-25)24(28)23-10-9-22(33-23)17-32-20-7-5-19(6-8-20)27(29)30/h2-10,15H,11-14,16-17H2,1H3. The fourth-order valence-electron chi connectivity index (χ4n) is 3.68. The summed E-state index contributed by atoms with van der Waals surface area (Å²) < 4.78 is 16.6. The van der Waals surface area contributed by atoms with Gasteiger partial charge < -0.3 is 18.8 Å². The van der Waals surface area contributed by atoms with Crippen LogP contribution in [0.15, 0.2) is 65.1 Å². The number of nitro groups is 1. The maximum Gasteiger partial charge on any atom is 0.289 e. The van der Waals surface area contributed by atoms with Gasteiger partial charge in [0.15, 0.2) is 5.76 Å². The summed E-state index contributed by atoms with van der Waals surface area (Å²) in [7, 11) is 1.66. The Morgan fingerprint density at radius 2 is 1.79 bits per heavy atom. The third-order valence-corrected chi connectivity index (χ3v) is 5.50. The Morgan fingerprint density at radius 3 is 2.48 bits per heavy atom. The maximum absolute atomic E-state index is 12.8. The molecule has 1 aliphatic rings. The van der Waals surface area contributed by atoms with Crippen LogP contribution >= 0.6 is 0 Å². The summed E-state index contributed by atoms with van der Waals surface area (Å²) in [4.78, 5) is 27.2. The van der Waals surface area contributed by atoms with Crippen LogP contribution in [0.1, 0.15) is 21.9 Å². The molecule has 1 saturated heterocycles. The van der Waals surface area contributed by atoms with Gasteiger partial charge in [-0.1, -0.05) is 12.1 Å². The highest BCUT2D eigenvalue weighted by atomic mass is 16.6. The minimum atomic E-state index is -0.465. The first-order chi connectivity index (χ1) is 16.0. The molecular formula is C24H25N3O6. The van der Waals surface area contributed by atoms with Crippen molar-refractivity contribution in [2.75, 3.05) is 33.3 Å². The van der Waals surface area contributed by atoms with E-state index >= 15 is 0 Å². The molecule has 33 heavy (non-hydrogen) atoms. The second kappa shape index (κ2) is 10.2. The highest BCUT2D eigenvalue weighted by molar-refractivity contribution is 5.91. The summed E-state index contributed by atoms with van der Waals surface area (Å²) in [5.41, 5.74) is 1.18. The van der Waals surface area contributed by atoms with Crippen molar-refractivity contribution in [3.05, 3.63) is 87.9 Å². The summed E-state index contributed by atoms with van der Waals surface area (Å²) in [6, 6.07) is 17.2. The lowest BCUT2D eigenvalue weighted by Gasteiger charge is -2.34. The summed E-state index contributed by atoms with van der Waals surface area (Å²) >= 11 is 0. The summed E-state index contributed by atoms with van der Waals surface area (Å²) in [5.74, 6) is 1.97. The van der Waals surface area contributed by atoms with Crippen molar-refractivity contribution < 1.29 is 23.6 Å². The molecule has 1 amide bonds. The van der Waals surface area contributed by atoms with Gasteiger partial charge in [-0.25, -0.2) is 0 Å². The van der Waals surface area contributed by atoms with Crippen molar-refractivity contribution in [3.8, 4) is 11.5 Å². The normalized spacial score (nSPS) is 14.2. The van der Waals surface area contributed by atoms with Gasteiger partial charge >= 0.3 is 0 Å². The van der Waals surface area contributed by atoms with Crippen LogP contribution < -0.4 is 9.47 Å². The Bertz CT molecular complexity index is 1100. The van der Waals surface area contributed by atoms with Crippen LogP contribution in [0.3, 0.4) is 0 Å². The molecule has 4 rings (SSSR count). The number of benzene rings is 2. The van der Waals surface area contributed by atoms with Gasteiger partial charge in [0.2, 0.25) is 0 Å². The fourth-order valence-corrected chi connectivity index (χ4v) is 3.68. The molecule has 172 valence electrons. The Kier molecular flexibility index (Phi) is 6.89. The number of non-ortho nitro benzene ring substituents is 1. The zero-order valence-corrected chi connectivity index (χ0v) is 18.3. The molecule has 2 aromatic carbocycles. The fraction of sp³-hybridized carbons (Fsp3) is 0.292. The molecule has 1 aliphatic heterocycles. The third kappa shape index (κ3) is 5.69. The van der Waals surface area contributed by atoms with E-state index in [-0.39, 0.29) is 24.0 Å². The monoisotopic (exact) mass is 451 g/mol. The van der Waals surface area contributed by atoms with E-state index in [2.05, 4.69) is 11.0 Å². The molecule has 9 nitrogen and oxygen atoms in total. The van der Waals surface area contributed by atoms with Gasteiger partial charge in [0.05, 0.1) is 12.0 Å². The third-order valence-electron chi connectivity index (χ3n) is 5.50. The molecule has 0 bridgehead atoms. The van der Waals surface area contributed by atoms with Crippen LogP contribution in [-0.2, 0) is 13.2 Å². The van der Waals surface area contributed by atoms with Crippen molar-refractivity contribution in [3.63, 3.8) is 0 Å². The lowest BCUT2D eigenvalue weighted by Crippen LogP contribution is -2.48. The van der Waals surface area contributed by atoms with Gasteiger partial charge in [0.1, 0.15) is 23.9 Å². The summed E-state index contributed by atoms with van der Waals surface area (Å²) in [6.07, 6.45) is 0. The number of methoxy groups -OCH3 is 1. The predicted molar refractivity (Wildman–Crippen MR) is 120 cm³/mol. The number of hydrogen-bond donors (Lipinski definition) is 0. The highest BCUT2D eigenvalue weighted by Crippen LogP contribution is 2.20. The van der Waals surface area contributed by atoms with Gasteiger partial charge in [0, 0.05) is 44.9 Å². The molecule has 0 atom stereocenters. The molecule has 9 heteroatoms. The SMILES string of the molecule is COc1cccc(CN2CCN(C(=O)c3ccc(COc4ccc([N+](=O)[O-])cc4)o3)CC2)c1. The van der Waals surface area contributed by atoms with E-state index in [1.165, 1.54) is 29.8 Å². The van der Waals surface area contributed by atoms with E-state index in [1.807, 2.05) is 18.2 Å². The first-order valence-corrected chi connectivity index (χ1v) is 10.6. The topological polar surface area (TPSA) is 98.3 Å². The molecule has 0 saturated carbocycles. The average Bonchev–Trinajstić information content (AvgIpc) is 3.32. The molecule has 2 heterocycles. The average molecular weight is 451 g/mol. The minimum Gasteiger partial charge on any atom is -0.497 e. The lowest BCUT2D eigenvalue weighted by atomic mass is 10.2. The molecule has 0 N–H and O–H groups in total. The Morgan fingerprint density at radius 1 is 1.03 bits per heavy atom. The first kappa shape index (κ1) is 22.3. The second-order valence-electron chi connectivity index (χ2n) is 7.73. The number of piperazine rings is 1. The Hall–Kier alpha value is -3.85. The zero-order chi connectivity index (χ0) is 23.2.